The molecule has 0 N–H and O–H groups in total. The van der Waals surface area contributed by atoms with Crippen molar-refractivity contribution in [2.24, 2.45) is 5.92 Å². The van der Waals surface area contributed by atoms with E-state index in [0.29, 0.717) is 0 Å². The molecule has 0 aromatic carbocycles. The van der Waals surface area contributed by atoms with Crippen molar-refractivity contribution in [3.8, 4) is 0 Å². The van der Waals surface area contributed by atoms with Gasteiger partial charge in [0.2, 0.25) is 0 Å². The Morgan fingerprint density at radius 3 is 2.30 bits per heavy atom. The van der Waals surface area contributed by atoms with Gasteiger partial charge in [0.25, 0.3) is 0 Å². The van der Waals surface area contributed by atoms with Crippen LogP contribution in [0.1, 0.15) is 20.8 Å². The van der Waals surface area contributed by atoms with Crippen LogP contribution in [0, 0.1) is 5.92 Å². The lowest BCUT2D eigenvalue weighted by Crippen LogP contribution is -2.23. The summed E-state index contributed by atoms with van der Waals surface area (Å²) in [5.74, 6) is 3.58. The van der Waals surface area contributed by atoms with E-state index in [9.17, 15) is 0 Å². The minimum absolute atomic E-state index is 0.866. The predicted octanol–water partition coefficient (Wildman–Crippen LogP) is 2.88. The summed E-state index contributed by atoms with van der Waals surface area (Å²) in [5, 5.41) is 1.81. The van der Waals surface area contributed by atoms with Gasteiger partial charge >= 0.3 is 0 Å². The van der Waals surface area contributed by atoms with E-state index < -0.39 is 0 Å². The van der Waals surface area contributed by atoms with Gasteiger partial charge in [0.05, 0.1) is 0 Å². The van der Waals surface area contributed by atoms with E-state index in [2.05, 4.69) is 44.3 Å². The van der Waals surface area contributed by atoms with Crippen LogP contribution < -0.4 is 0 Å². The first-order chi connectivity index (χ1) is 4.70. The summed E-state index contributed by atoms with van der Waals surface area (Å²) in [6.07, 6.45) is 0. The summed E-state index contributed by atoms with van der Waals surface area (Å²) in [6, 6.07) is 0. The van der Waals surface area contributed by atoms with Crippen LogP contribution in [-0.4, -0.2) is 22.0 Å². The minimum atomic E-state index is 0.866. The second-order valence-electron chi connectivity index (χ2n) is 3.26. The highest BCUT2D eigenvalue weighted by atomic mass is 32.2. The molecule has 2 heteroatoms. The van der Waals surface area contributed by atoms with Crippen LogP contribution >= 0.6 is 23.5 Å². The molecule has 0 aromatic heterocycles. The van der Waals surface area contributed by atoms with Crippen molar-refractivity contribution >= 4 is 23.5 Å². The second-order valence-corrected chi connectivity index (χ2v) is 6.00. The average molecular weight is 176 g/mol. The van der Waals surface area contributed by atoms with E-state index >= 15 is 0 Å². The van der Waals surface area contributed by atoms with Gasteiger partial charge in [0, 0.05) is 22.0 Å². The van der Waals surface area contributed by atoms with Gasteiger partial charge in [-0.3, -0.25) is 0 Å². The van der Waals surface area contributed by atoms with Crippen LogP contribution in [0.15, 0.2) is 0 Å². The highest BCUT2D eigenvalue weighted by molar-refractivity contribution is 8.07. The molecule has 0 aliphatic carbocycles. The molecule has 60 valence electrons. The smallest absolute Gasteiger partial charge is 0.0161 e. The maximum Gasteiger partial charge on any atom is 0.0161 e. The fourth-order valence-corrected chi connectivity index (χ4v) is 4.05. The van der Waals surface area contributed by atoms with E-state index in [1.165, 1.54) is 11.5 Å². The Kier molecular flexibility index (Phi) is 3.44. The highest BCUT2D eigenvalue weighted by Crippen LogP contribution is 2.33. The van der Waals surface area contributed by atoms with Gasteiger partial charge in [-0.15, -0.1) is 0 Å². The first kappa shape index (κ1) is 8.79. The summed E-state index contributed by atoms with van der Waals surface area (Å²) >= 11 is 4.29. The van der Waals surface area contributed by atoms with Gasteiger partial charge in [0.15, 0.2) is 0 Å². The second kappa shape index (κ2) is 3.91. The SMILES string of the molecule is CC(C)C1CS[C@@H](C)CS1. The Balaban J connectivity index is 2.26. The van der Waals surface area contributed by atoms with Crippen LogP contribution in [0.4, 0.5) is 0 Å². The fourth-order valence-electron chi connectivity index (χ4n) is 0.999. The van der Waals surface area contributed by atoms with Crippen LogP contribution in [0.3, 0.4) is 0 Å². The van der Waals surface area contributed by atoms with E-state index in [1.54, 1.807) is 0 Å². The Morgan fingerprint density at radius 2 is 1.90 bits per heavy atom. The van der Waals surface area contributed by atoms with Gasteiger partial charge in [0.1, 0.15) is 0 Å². The topological polar surface area (TPSA) is 0 Å². The lowest BCUT2D eigenvalue weighted by Gasteiger charge is -2.27. The number of rotatable bonds is 1. The molecular formula is C8H16S2. The maximum atomic E-state index is 2.33. The molecule has 1 heterocycles. The zero-order chi connectivity index (χ0) is 7.56. The zero-order valence-corrected chi connectivity index (χ0v) is 8.60. The van der Waals surface area contributed by atoms with Crippen molar-refractivity contribution in [1.29, 1.82) is 0 Å². The quantitative estimate of drug-likeness (QED) is 0.602. The van der Waals surface area contributed by atoms with Crippen molar-refractivity contribution in [3.05, 3.63) is 0 Å². The Bertz CT molecular complexity index is 93.4. The maximum absolute atomic E-state index is 2.33. The molecule has 0 saturated carbocycles. The molecule has 2 atom stereocenters. The molecule has 1 aliphatic heterocycles. The molecule has 1 saturated heterocycles. The third-order valence-electron chi connectivity index (χ3n) is 1.83. The molecule has 10 heavy (non-hydrogen) atoms. The van der Waals surface area contributed by atoms with Crippen LogP contribution in [-0.2, 0) is 0 Å². The lowest BCUT2D eigenvalue weighted by atomic mass is 10.1. The van der Waals surface area contributed by atoms with Crippen LogP contribution in [0.2, 0.25) is 0 Å². The Labute approximate surface area is 72.5 Å². The van der Waals surface area contributed by atoms with Crippen LogP contribution in [0.5, 0.6) is 0 Å². The molecule has 0 radical (unpaired) electrons. The molecule has 1 rings (SSSR count). The van der Waals surface area contributed by atoms with Crippen molar-refractivity contribution < 1.29 is 0 Å². The zero-order valence-electron chi connectivity index (χ0n) is 6.96. The van der Waals surface area contributed by atoms with E-state index in [4.69, 9.17) is 0 Å². The first-order valence-electron chi connectivity index (χ1n) is 3.93. The number of hydrogen-bond acceptors (Lipinski definition) is 2. The molecular weight excluding hydrogens is 160 g/mol. The van der Waals surface area contributed by atoms with Gasteiger partial charge < -0.3 is 0 Å². The third kappa shape index (κ3) is 2.39. The average Bonchev–Trinajstić information content (AvgIpc) is 1.88. The summed E-state index contributed by atoms with van der Waals surface area (Å²) in [4.78, 5) is 0. The summed E-state index contributed by atoms with van der Waals surface area (Å²) in [6.45, 7) is 6.98. The van der Waals surface area contributed by atoms with Gasteiger partial charge in [-0.2, -0.15) is 23.5 Å². The van der Waals surface area contributed by atoms with Gasteiger partial charge in [-0.1, -0.05) is 20.8 Å². The van der Waals surface area contributed by atoms with Gasteiger partial charge in [-0.25, -0.2) is 0 Å². The molecule has 0 nitrogen and oxygen atoms in total. The monoisotopic (exact) mass is 176 g/mol. The Morgan fingerprint density at radius 1 is 1.20 bits per heavy atom. The van der Waals surface area contributed by atoms with Crippen molar-refractivity contribution in [1.82, 2.24) is 0 Å². The van der Waals surface area contributed by atoms with Crippen molar-refractivity contribution in [2.45, 2.75) is 31.3 Å². The lowest BCUT2D eigenvalue weighted by molar-refractivity contribution is 0.644. The standard InChI is InChI=1S/C8H16S2/c1-6(2)8-5-9-7(3)4-10-8/h6-8H,4-5H2,1-3H3/t7-,8?/m0/s1. The van der Waals surface area contributed by atoms with E-state index in [0.717, 1.165) is 16.4 Å². The van der Waals surface area contributed by atoms with E-state index in [-0.39, 0.29) is 0 Å². The molecule has 0 bridgehead atoms. The third-order valence-corrected chi connectivity index (χ3v) is 5.37. The predicted molar refractivity (Wildman–Crippen MR) is 53.0 cm³/mol. The summed E-state index contributed by atoms with van der Waals surface area (Å²) in [7, 11) is 0. The summed E-state index contributed by atoms with van der Waals surface area (Å²) in [5.41, 5.74) is 0. The van der Waals surface area contributed by atoms with Crippen molar-refractivity contribution in [2.75, 3.05) is 11.5 Å². The molecule has 0 aromatic rings. The molecule has 0 amide bonds. The first-order valence-corrected chi connectivity index (χ1v) is 6.03. The molecule has 1 fully saturated rings. The fraction of sp³-hybridized carbons (Fsp3) is 1.00. The molecule has 0 spiro atoms. The minimum Gasteiger partial charge on any atom is -0.157 e. The normalized spacial score (nSPS) is 34.8. The number of hydrogen-bond donors (Lipinski definition) is 0. The highest BCUT2D eigenvalue weighted by Gasteiger charge is 2.21. The largest absolute Gasteiger partial charge is 0.157 e. The van der Waals surface area contributed by atoms with Crippen molar-refractivity contribution in [3.63, 3.8) is 0 Å². The Hall–Kier alpha value is 0.700. The van der Waals surface area contributed by atoms with Crippen LogP contribution in [0.25, 0.3) is 0 Å². The molecule has 1 unspecified atom stereocenters. The molecule has 1 aliphatic rings. The summed E-state index contributed by atoms with van der Waals surface area (Å²) < 4.78 is 0. The van der Waals surface area contributed by atoms with E-state index in [1.807, 2.05) is 0 Å². The van der Waals surface area contributed by atoms with Gasteiger partial charge in [-0.05, 0) is 5.92 Å². The number of thioether (sulfide) groups is 2.